The molecule has 20 heavy (non-hydrogen) atoms. The van der Waals surface area contributed by atoms with Crippen LogP contribution in [-0.2, 0) is 4.74 Å². The van der Waals surface area contributed by atoms with Crippen molar-refractivity contribution in [3.05, 3.63) is 10.6 Å². The molecule has 2 rings (SSSR count). The van der Waals surface area contributed by atoms with Gasteiger partial charge in [-0.1, -0.05) is 11.3 Å². The fourth-order valence-electron chi connectivity index (χ4n) is 2.18. The van der Waals surface area contributed by atoms with Gasteiger partial charge in [-0.3, -0.25) is 4.79 Å². The van der Waals surface area contributed by atoms with E-state index in [2.05, 4.69) is 27.0 Å². The predicted molar refractivity (Wildman–Crippen MR) is 77.6 cm³/mol. The first-order valence-corrected chi connectivity index (χ1v) is 7.38. The Bertz CT molecular complexity index is 507. The Labute approximate surface area is 122 Å². The number of hydrogen-bond donors (Lipinski definition) is 1. The van der Waals surface area contributed by atoms with Crippen molar-refractivity contribution in [2.75, 3.05) is 32.6 Å². The van der Waals surface area contributed by atoms with Crippen LogP contribution in [-0.4, -0.2) is 54.9 Å². The molecule has 0 radical (unpaired) electrons. The summed E-state index contributed by atoms with van der Waals surface area (Å²) in [5.74, 6) is -0.734. The number of thiazole rings is 1. The van der Waals surface area contributed by atoms with Crippen LogP contribution < -0.4 is 5.32 Å². The first-order chi connectivity index (χ1) is 9.51. The average molecular weight is 297 g/mol. The summed E-state index contributed by atoms with van der Waals surface area (Å²) < 4.78 is 4.66. The van der Waals surface area contributed by atoms with E-state index in [9.17, 15) is 9.59 Å². The maximum atomic E-state index is 11.6. The monoisotopic (exact) mass is 297 g/mol. The van der Waals surface area contributed by atoms with Crippen molar-refractivity contribution in [2.45, 2.75) is 25.8 Å². The number of nitrogens with one attached hydrogen (secondary N) is 1. The Morgan fingerprint density at radius 1 is 1.40 bits per heavy atom. The Balaban J connectivity index is 2.12. The van der Waals surface area contributed by atoms with Gasteiger partial charge >= 0.3 is 5.97 Å². The van der Waals surface area contributed by atoms with Gasteiger partial charge in [-0.25, -0.2) is 9.78 Å². The average Bonchev–Trinajstić information content (AvgIpc) is 2.84. The molecule has 1 aromatic rings. The van der Waals surface area contributed by atoms with Crippen LogP contribution in [0.4, 0.5) is 5.13 Å². The van der Waals surface area contributed by atoms with Gasteiger partial charge in [0.1, 0.15) is 4.88 Å². The lowest BCUT2D eigenvalue weighted by Gasteiger charge is -2.29. The number of carbonyl (C=O) groups is 2. The summed E-state index contributed by atoms with van der Waals surface area (Å²) in [4.78, 5) is 30.0. The molecule has 2 heterocycles. The molecule has 6 nitrogen and oxygen atoms in total. The quantitative estimate of drug-likeness (QED) is 0.673. The molecule has 1 fully saturated rings. The number of piperidine rings is 1. The standard InChI is InChI=1S/C13H19N3O3S/c1-8(17)11-10(12(18)19-3)15-13(20-11)14-9-4-6-16(2)7-5-9/h9H,4-7H2,1-3H3,(H,14,15). The molecule has 7 heteroatoms. The number of nitrogens with zero attached hydrogens (tertiary/aromatic N) is 2. The van der Waals surface area contributed by atoms with Gasteiger partial charge in [0.15, 0.2) is 16.6 Å². The molecule has 1 aliphatic heterocycles. The van der Waals surface area contributed by atoms with Crippen molar-refractivity contribution >= 4 is 28.2 Å². The summed E-state index contributed by atoms with van der Waals surface area (Å²) in [5.41, 5.74) is 0.112. The topological polar surface area (TPSA) is 71.5 Å². The van der Waals surface area contributed by atoms with Crippen molar-refractivity contribution in [1.29, 1.82) is 0 Å². The highest BCUT2D eigenvalue weighted by Gasteiger charge is 2.24. The third-order valence-electron chi connectivity index (χ3n) is 3.37. The second-order valence-corrected chi connectivity index (χ2v) is 5.97. The van der Waals surface area contributed by atoms with Gasteiger partial charge in [-0.15, -0.1) is 0 Å². The number of Topliss-reactive ketones (excluding diaryl/α,β-unsaturated/α-hetero) is 1. The number of methoxy groups -OCH3 is 1. The van der Waals surface area contributed by atoms with Crippen LogP contribution in [0.1, 0.15) is 39.9 Å². The first kappa shape index (κ1) is 14.9. The lowest BCUT2D eigenvalue weighted by molar-refractivity contribution is 0.0591. The molecule has 1 N–H and O–H groups in total. The number of hydrogen-bond acceptors (Lipinski definition) is 7. The van der Waals surface area contributed by atoms with Gasteiger partial charge < -0.3 is 15.0 Å². The van der Waals surface area contributed by atoms with Gasteiger partial charge in [0, 0.05) is 13.0 Å². The number of ketones is 1. The Kier molecular flexibility index (Phi) is 4.72. The summed E-state index contributed by atoms with van der Waals surface area (Å²) >= 11 is 1.22. The summed E-state index contributed by atoms with van der Waals surface area (Å²) in [6.45, 7) is 3.50. The number of likely N-dealkylation sites (tertiary alicyclic amines) is 1. The molecule has 1 aliphatic rings. The number of aromatic nitrogens is 1. The lowest BCUT2D eigenvalue weighted by Crippen LogP contribution is -2.36. The van der Waals surface area contributed by atoms with Gasteiger partial charge in [0.2, 0.25) is 0 Å². The fraction of sp³-hybridized carbons (Fsp3) is 0.615. The van der Waals surface area contributed by atoms with Gasteiger partial charge in [-0.05, 0) is 33.0 Å². The first-order valence-electron chi connectivity index (χ1n) is 6.56. The molecule has 0 unspecified atom stereocenters. The molecule has 0 aliphatic carbocycles. The van der Waals surface area contributed by atoms with Crippen molar-refractivity contribution < 1.29 is 14.3 Å². The Morgan fingerprint density at radius 2 is 2.05 bits per heavy atom. The van der Waals surface area contributed by atoms with Crippen molar-refractivity contribution in [3.8, 4) is 0 Å². The van der Waals surface area contributed by atoms with E-state index in [-0.39, 0.29) is 11.5 Å². The Hall–Kier alpha value is -1.47. The zero-order valence-electron chi connectivity index (χ0n) is 11.9. The molecule has 0 amide bonds. The van der Waals surface area contributed by atoms with Crippen molar-refractivity contribution in [2.24, 2.45) is 0 Å². The largest absolute Gasteiger partial charge is 0.464 e. The molecule has 0 bridgehead atoms. The van der Waals surface area contributed by atoms with Crippen LogP contribution in [0, 0.1) is 0 Å². The SMILES string of the molecule is COC(=O)c1nc(NC2CCN(C)CC2)sc1C(C)=O. The van der Waals surface area contributed by atoms with E-state index in [1.807, 2.05) is 0 Å². The van der Waals surface area contributed by atoms with Crippen LogP contribution in [0.25, 0.3) is 0 Å². The predicted octanol–water partition coefficient (Wildman–Crippen LogP) is 1.64. The van der Waals surface area contributed by atoms with Crippen molar-refractivity contribution in [1.82, 2.24) is 9.88 Å². The van der Waals surface area contributed by atoms with E-state index in [0.717, 1.165) is 25.9 Å². The van der Waals surface area contributed by atoms with E-state index >= 15 is 0 Å². The third kappa shape index (κ3) is 3.34. The number of rotatable bonds is 4. The second kappa shape index (κ2) is 6.32. The minimum atomic E-state index is -0.567. The van der Waals surface area contributed by atoms with Crippen LogP contribution >= 0.6 is 11.3 Å². The molecule has 0 saturated carbocycles. The summed E-state index contributed by atoms with van der Waals surface area (Å²) in [7, 11) is 3.39. The molecular weight excluding hydrogens is 278 g/mol. The Morgan fingerprint density at radius 3 is 2.60 bits per heavy atom. The van der Waals surface area contributed by atoms with Crippen molar-refractivity contribution in [3.63, 3.8) is 0 Å². The maximum Gasteiger partial charge on any atom is 0.358 e. The molecule has 110 valence electrons. The maximum absolute atomic E-state index is 11.6. The van der Waals surface area contributed by atoms with Gasteiger partial charge in [0.05, 0.1) is 7.11 Å². The molecule has 1 saturated heterocycles. The zero-order valence-corrected chi connectivity index (χ0v) is 12.7. The molecule has 0 spiro atoms. The molecule has 0 atom stereocenters. The van der Waals surface area contributed by atoms with Crippen LogP contribution in [0.15, 0.2) is 0 Å². The smallest absolute Gasteiger partial charge is 0.358 e. The lowest BCUT2D eigenvalue weighted by atomic mass is 10.1. The minimum Gasteiger partial charge on any atom is -0.464 e. The highest BCUT2D eigenvalue weighted by Crippen LogP contribution is 2.26. The molecule has 1 aromatic heterocycles. The van der Waals surface area contributed by atoms with E-state index in [1.54, 1.807) is 0 Å². The third-order valence-corrected chi connectivity index (χ3v) is 4.46. The van der Waals surface area contributed by atoms with E-state index < -0.39 is 5.97 Å². The zero-order chi connectivity index (χ0) is 14.7. The summed E-state index contributed by atoms with van der Waals surface area (Å²) in [6.07, 6.45) is 2.05. The normalized spacial score (nSPS) is 16.9. The number of ether oxygens (including phenoxy) is 1. The second-order valence-electron chi connectivity index (χ2n) is 4.97. The van der Waals surface area contributed by atoms with Crippen LogP contribution in [0.5, 0.6) is 0 Å². The number of esters is 1. The number of carbonyl (C=O) groups excluding carboxylic acids is 2. The highest BCUT2D eigenvalue weighted by atomic mass is 32.1. The summed E-state index contributed by atoms with van der Waals surface area (Å²) in [5, 5.41) is 3.93. The van der Waals surface area contributed by atoms with Gasteiger partial charge in [0.25, 0.3) is 0 Å². The number of anilines is 1. The highest BCUT2D eigenvalue weighted by molar-refractivity contribution is 7.17. The summed E-state index contributed by atoms with van der Waals surface area (Å²) in [6, 6.07) is 0.336. The molecule has 0 aromatic carbocycles. The van der Waals surface area contributed by atoms with E-state index in [4.69, 9.17) is 0 Å². The van der Waals surface area contributed by atoms with E-state index in [0.29, 0.717) is 16.1 Å². The van der Waals surface area contributed by atoms with Crippen LogP contribution in [0.2, 0.25) is 0 Å². The fourth-order valence-corrected chi connectivity index (χ4v) is 3.11. The molecular formula is C13H19N3O3S. The minimum absolute atomic E-state index is 0.112. The van der Waals surface area contributed by atoms with Gasteiger partial charge in [-0.2, -0.15) is 0 Å². The van der Waals surface area contributed by atoms with Crippen LogP contribution in [0.3, 0.4) is 0 Å². The van der Waals surface area contributed by atoms with E-state index in [1.165, 1.54) is 25.4 Å².